The Hall–Kier alpha value is -1.59. The number of carbonyl (C=O) groups is 1. The summed E-state index contributed by atoms with van der Waals surface area (Å²) in [5, 5.41) is 12.3. The number of rotatable bonds is 3. The summed E-state index contributed by atoms with van der Waals surface area (Å²) in [6, 6.07) is 5.26. The normalized spacial score (nSPS) is 12.9. The van der Waals surface area contributed by atoms with Crippen molar-refractivity contribution in [2.45, 2.75) is 39.4 Å². The Bertz CT molecular complexity index is 452. The van der Waals surface area contributed by atoms with Gasteiger partial charge in [-0.25, -0.2) is 4.79 Å². The van der Waals surface area contributed by atoms with Gasteiger partial charge in [-0.1, -0.05) is 12.1 Å². The maximum absolute atomic E-state index is 11.7. The average molecular weight is 266 g/mol. The molecule has 1 unspecified atom stereocenters. The van der Waals surface area contributed by atoms with Crippen LogP contribution in [-0.2, 0) is 4.74 Å². The van der Waals surface area contributed by atoms with Crippen molar-refractivity contribution in [3.05, 3.63) is 29.3 Å². The van der Waals surface area contributed by atoms with Crippen LogP contribution in [0.15, 0.2) is 18.2 Å². The average Bonchev–Trinajstić information content (AvgIpc) is 2.28. The third-order valence-corrected chi connectivity index (χ3v) is 2.49. The number of ether oxygens (including phenoxy) is 1. The molecule has 5 nitrogen and oxygen atoms in total. The summed E-state index contributed by atoms with van der Waals surface area (Å²) < 4.78 is 5.18. The summed E-state index contributed by atoms with van der Waals surface area (Å²) in [5.74, 6) is 0. The minimum absolute atomic E-state index is 0.165. The monoisotopic (exact) mass is 266 g/mol. The standard InChI is InChI=1S/C14H22N2O3/c1-9-7-10(12(17)8-15)5-6-11(9)16-13(18)19-14(2,3)4/h5-7,12,17H,8,15H2,1-4H3,(H,16,18). The van der Waals surface area contributed by atoms with Gasteiger partial charge in [0.1, 0.15) is 5.60 Å². The molecule has 1 aromatic rings. The van der Waals surface area contributed by atoms with Gasteiger partial charge in [0.2, 0.25) is 0 Å². The van der Waals surface area contributed by atoms with Crippen LogP contribution >= 0.6 is 0 Å². The van der Waals surface area contributed by atoms with E-state index in [2.05, 4.69) is 5.32 Å². The van der Waals surface area contributed by atoms with Gasteiger partial charge in [0.15, 0.2) is 0 Å². The van der Waals surface area contributed by atoms with Gasteiger partial charge < -0.3 is 15.6 Å². The lowest BCUT2D eigenvalue weighted by atomic mass is 10.1. The zero-order valence-corrected chi connectivity index (χ0v) is 11.9. The molecule has 1 atom stereocenters. The van der Waals surface area contributed by atoms with Gasteiger partial charge in [-0.2, -0.15) is 0 Å². The molecule has 0 bridgehead atoms. The van der Waals surface area contributed by atoms with Crippen molar-refractivity contribution in [1.29, 1.82) is 0 Å². The van der Waals surface area contributed by atoms with E-state index in [0.29, 0.717) is 5.69 Å². The lowest BCUT2D eigenvalue weighted by Gasteiger charge is -2.20. The van der Waals surface area contributed by atoms with Crippen LogP contribution in [0.5, 0.6) is 0 Å². The largest absolute Gasteiger partial charge is 0.444 e. The number of aliphatic hydroxyl groups is 1. The first kappa shape index (κ1) is 15.5. The Morgan fingerprint density at radius 1 is 1.47 bits per heavy atom. The number of amides is 1. The van der Waals surface area contributed by atoms with Crippen molar-refractivity contribution in [1.82, 2.24) is 0 Å². The summed E-state index contributed by atoms with van der Waals surface area (Å²) in [4.78, 5) is 11.7. The van der Waals surface area contributed by atoms with Crippen molar-refractivity contribution in [2.75, 3.05) is 11.9 Å². The molecule has 5 heteroatoms. The molecule has 0 aliphatic carbocycles. The minimum atomic E-state index is -0.686. The molecule has 1 rings (SSSR count). The number of aliphatic hydroxyl groups excluding tert-OH is 1. The summed E-state index contributed by atoms with van der Waals surface area (Å²) in [6.45, 7) is 7.43. The molecule has 0 saturated carbocycles. The zero-order chi connectivity index (χ0) is 14.6. The highest BCUT2D eigenvalue weighted by atomic mass is 16.6. The Morgan fingerprint density at radius 3 is 2.58 bits per heavy atom. The zero-order valence-electron chi connectivity index (χ0n) is 11.9. The second-order valence-corrected chi connectivity index (χ2v) is 5.45. The first-order valence-corrected chi connectivity index (χ1v) is 6.21. The fourth-order valence-corrected chi connectivity index (χ4v) is 1.58. The van der Waals surface area contributed by atoms with Crippen LogP contribution in [0.1, 0.15) is 38.0 Å². The molecule has 0 saturated heterocycles. The molecule has 19 heavy (non-hydrogen) atoms. The predicted octanol–water partition coefficient (Wildman–Crippen LogP) is 2.33. The highest BCUT2D eigenvalue weighted by molar-refractivity contribution is 5.85. The lowest BCUT2D eigenvalue weighted by Crippen LogP contribution is -2.27. The molecule has 0 fully saturated rings. The van der Waals surface area contributed by atoms with Crippen LogP contribution < -0.4 is 11.1 Å². The maximum Gasteiger partial charge on any atom is 0.412 e. The van der Waals surface area contributed by atoms with Crippen LogP contribution in [0.3, 0.4) is 0 Å². The van der Waals surface area contributed by atoms with Crippen LogP contribution in [0.25, 0.3) is 0 Å². The highest BCUT2D eigenvalue weighted by Gasteiger charge is 2.17. The van der Waals surface area contributed by atoms with Crippen molar-refractivity contribution >= 4 is 11.8 Å². The molecule has 4 N–H and O–H groups in total. The summed E-state index contributed by atoms with van der Waals surface area (Å²) >= 11 is 0. The third kappa shape index (κ3) is 4.89. The predicted molar refractivity (Wildman–Crippen MR) is 75.0 cm³/mol. The van der Waals surface area contributed by atoms with Gasteiger partial charge in [0, 0.05) is 12.2 Å². The molecule has 1 amide bonds. The first-order valence-electron chi connectivity index (χ1n) is 6.21. The quantitative estimate of drug-likeness (QED) is 0.784. The topological polar surface area (TPSA) is 84.6 Å². The number of nitrogens with two attached hydrogens (primary N) is 1. The lowest BCUT2D eigenvalue weighted by molar-refractivity contribution is 0.0636. The van der Waals surface area contributed by atoms with E-state index in [1.807, 2.05) is 6.92 Å². The van der Waals surface area contributed by atoms with Crippen molar-refractivity contribution in [3.8, 4) is 0 Å². The van der Waals surface area contributed by atoms with Gasteiger partial charge in [0.05, 0.1) is 6.10 Å². The van der Waals surface area contributed by atoms with Crippen LogP contribution in [0.2, 0.25) is 0 Å². The van der Waals surface area contributed by atoms with Gasteiger partial charge in [-0.15, -0.1) is 0 Å². The first-order chi connectivity index (χ1) is 8.73. The fourth-order valence-electron chi connectivity index (χ4n) is 1.58. The number of carbonyl (C=O) groups excluding carboxylic acids is 1. The Labute approximate surface area is 113 Å². The van der Waals surface area contributed by atoms with E-state index in [9.17, 15) is 9.90 Å². The van der Waals surface area contributed by atoms with E-state index >= 15 is 0 Å². The molecular formula is C14H22N2O3. The van der Waals surface area contributed by atoms with Crippen LogP contribution in [-0.4, -0.2) is 23.3 Å². The van der Waals surface area contributed by atoms with Gasteiger partial charge in [-0.05, 0) is 44.9 Å². The molecular weight excluding hydrogens is 244 g/mol. The Balaban J connectivity index is 2.78. The Morgan fingerprint density at radius 2 is 2.11 bits per heavy atom. The van der Waals surface area contributed by atoms with E-state index in [1.165, 1.54) is 0 Å². The molecule has 0 radical (unpaired) electrons. The third-order valence-electron chi connectivity index (χ3n) is 2.49. The molecule has 1 aromatic carbocycles. The van der Waals surface area contributed by atoms with Crippen LogP contribution in [0.4, 0.5) is 10.5 Å². The van der Waals surface area contributed by atoms with E-state index in [1.54, 1.807) is 39.0 Å². The summed E-state index contributed by atoms with van der Waals surface area (Å²) in [7, 11) is 0. The van der Waals surface area contributed by atoms with E-state index in [-0.39, 0.29) is 6.54 Å². The number of anilines is 1. The molecule has 106 valence electrons. The SMILES string of the molecule is Cc1cc(C(O)CN)ccc1NC(=O)OC(C)(C)C. The van der Waals surface area contributed by atoms with Crippen molar-refractivity contribution in [3.63, 3.8) is 0 Å². The number of aryl methyl sites for hydroxylation is 1. The minimum Gasteiger partial charge on any atom is -0.444 e. The smallest absolute Gasteiger partial charge is 0.412 e. The fraction of sp³-hybridized carbons (Fsp3) is 0.500. The van der Waals surface area contributed by atoms with E-state index in [0.717, 1.165) is 11.1 Å². The van der Waals surface area contributed by atoms with Gasteiger partial charge in [0.25, 0.3) is 0 Å². The molecule has 0 heterocycles. The number of hydrogen-bond donors (Lipinski definition) is 3. The van der Waals surface area contributed by atoms with Crippen molar-refractivity contribution < 1.29 is 14.6 Å². The summed E-state index contributed by atoms with van der Waals surface area (Å²) in [6.07, 6.45) is -1.18. The van der Waals surface area contributed by atoms with Crippen molar-refractivity contribution in [2.24, 2.45) is 5.73 Å². The Kier molecular flexibility index (Phi) is 4.91. The van der Waals surface area contributed by atoms with Gasteiger partial charge >= 0.3 is 6.09 Å². The maximum atomic E-state index is 11.7. The van der Waals surface area contributed by atoms with E-state index in [4.69, 9.17) is 10.5 Å². The second-order valence-electron chi connectivity index (χ2n) is 5.45. The molecule has 0 aliphatic heterocycles. The van der Waals surface area contributed by atoms with Crippen LogP contribution in [0, 0.1) is 6.92 Å². The van der Waals surface area contributed by atoms with E-state index < -0.39 is 17.8 Å². The number of benzene rings is 1. The van der Waals surface area contributed by atoms with Gasteiger partial charge in [-0.3, -0.25) is 5.32 Å². The number of nitrogens with one attached hydrogen (secondary N) is 1. The summed E-state index contributed by atoms with van der Waals surface area (Å²) in [5.41, 5.74) is 7.10. The molecule has 0 aromatic heterocycles. The number of hydrogen-bond acceptors (Lipinski definition) is 4. The highest BCUT2D eigenvalue weighted by Crippen LogP contribution is 2.21. The molecule has 0 spiro atoms. The molecule has 0 aliphatic rings. The second kappa shape index (κ2) is 6.04.